The molecule has 0 unspecified atom stereocenters. The van der Waals surface area contributed by atoms with Crippen LogP contribution in [0, 0.1) is 5.82 Å². The molecule has 0 heterocycles. The van der Waals surface area contributed by atoms with Gasteiger partial charge >= 0.3 is 0 Å². The molecule has 0 saturated heterocycles. The van der Waals surface area contributed by atoms with Crippen LogP contribution in [0.3, 0.4) is 0 Å². The third kappa shape index (κ3) is 1.84. The molecule has 2 nitrogen and oxygen atoms in total. The van der Waals surface area contributed by atoms with Gasteiger partial charge < -0.3 is 10.5 Å². The fraction of sp³-hybridized carbons (Fsp3) is 0.500. The molecule has 0 spiro atoms. The topological polar surface area (TPSA) is 35.2 Å². The van der Waals surface area contributed by atoms with Crippen molar-refractivity contribution in [1.29, 1.82) is 0 Å². The number of benzene rings is 1. The number of halogens is 1. The minimum atomic E-state index is -0.166. The number of nitrogens with two attached hydrogens (primary N) is 1. The third-order valence-electron chi connectivity index (χ3n) is 3.22. The molecule has 1 aliphatic rings. The van der Waals surface area contributed by atoms with Crippen LogP contribution in [0.1, 0.15) is 24.8 Å². The van der Waals surface area contributed by atoms with E-state index in [4.69, 9.17) is 10.5 Å². The molecule has 1 fully saturated rings. The first-order valence-corrected chi connectivity index (χ1v) is 5.26. The SMILES string of the molecule is COc1ccc(C2(CCN)CC2)c(F)c1. The molecule has 0 aromatic heterocycles. The Bertz CT molecular complexity index is 361. The smallest absolute Gasteiger partial charge is 0.130 e. The monoisotopic (exact) mass is 209 g/mol. The lowest BCUT2D eigenvalue weighted by atomic mass is 9.92. The van der Waals surface area contributed by atoms with Gasteiger partial charge in [-0.3, -0.25) is 0 Å². The summed E-state index contributed by atoms with van der Waals surface area (Å²) in [5.74, 6) is 0.403. The Labute approximate surface area is 89.2 Å². The van der Waals surface area contributed by atoms with Crippen LogP contribution >= 0.6 is 0 Å². The van der Waals surface area contributed by atoms with Gasteiger partial charge in [-0.25, -0.2) is 4.39 Å². The molecule has 2 N–H and O–H groups in total. The lowest BCUT2D eigenvalue weighted by Crippen LogP contribution is -2.15. The van der Waals surface area contributed by atoms with Crippen LogP contribution in [0.4, 0.5) is 4.39 Å². The van der Waals surface area contributed by atoms with Crippen molar-refractivity contribution in [1.82, 2.24) is 0 Å². The second kappa shape index (κ2) is 3.81. The molecule has 1 aliphatic carbocycles. The molecule has 0 amide bonds. The first kappa shape index (κ1) is 10.4. The quantitative estimate of drug-likeness (QED) is 0.825. The van der Waals surface area contributed by atoms with Crippen LogP contribution < -0.4 is 10.5 Å². The van der Waals surface area contributed by atoms with Crippen molar-refractivity contribution >= 4 is 0 Å². The average molecular weight is 209 g/mol. The van der Waals surface area contributed by atoms with E-state index < -0.39 is 0 Å². The van der Waals surface area contributed by atoms with E-state index in [1.54, 1.807) is 7.11 Å². The first-order chi connectivity index (χ1) is 7.22. The maximum atomic E-state index is 13.8. The summed E-state index contributed by atoms with van der Waals surface area (Å²) in [5, 5.41) is 0. The van der Waals surface area contributed by atoms with Crippen molar-refractivity contribution in [3.8, 4) is 5.75 Å². The molecule has 1 aromatic carbocycles. The highest BCUT2D eigenvalue weighted by molar-refractivity contribution is 5.37. The van der Waals surface area contributed by atoms with Gasteiger partial charge in [-0.15, -0.1) is 0 Å². The van der Waals surface area contributed by atoms with E-state index in [0.29, 0.717) is 12.3 Å². The Morgan fingerprint density at radius 2 is 2.20 bits per heavy atom. The molecule has 1 saturated carbocycles. The Hall–Kier alpha value is -1.09. The van der Waals surface area contributed by atoms with Crippen LogP contribution in [0.2, 0.25) is 0 Å². The van der Waals surface area contributed by atoms with Crippen LogP contribution in [0.15, 0.2) is 18.2 Å². The van der Waals surface area contributed by atoms with Crippen LogP contribution in [0.5, 0.6) is 5.75 Å². The lowest BCUT2D eigenvalue weighted by Gasteiger charge is -2.15. The van der Waals surface area contributed by atoms with Crippen molar-refractivity contribution in [3.05, 3.63) is 29.6 Å². The fourth-order valence-corrected chi connectivity index (χ4v) is 2.13. The van der Waals surface area contributed by atoms with Gasteiger partial charge in [-0.2, -0.15) is 0 Å². The molecule has 3 heteroatoms. The van der Waals surface area contributed by atoms with Crippen molar-refractivity contribution in [3.63, 3.8) is 0 Å². The largest absolute Gasteiger partial charge is 0.497 e. The molecule has 0 aliphatic heterocycles. The summed E-state index contributed by atoms with van der Waals surface area (Å²) in [6, 6.07) is 5.09. The highest BCUT2D eigenvalue weighted by atomic mass is 19.1. The molecule has 15 heavy (non-hydrogen) atoms. The minimum absolute atomic E-state index is 0.0190. The Morgan fingerprint density at radius 1 is 1.47 bits per heavy atom. The number of rotatable bonds is 4. The highest BCUT2D eigenvalue weighted by Gasteiger charge is 2.44. The van der Waals surface area contributed by atoms with Gasteiger partial charge in [0.25, 0.3) is 0 Å². The molecular formula is C12H16FNO. The van der Waals surface area contributed by atoms with Crippen molar-refractivity contribution in [2.45, 2.75) is 24.7 Å². The molecule has 1 aromatic rings. The van der Waals surface area contributed by atoms with Gasteiger partial charge in [0.1, 0.15) is 11.6 Å². The summed E-state index contributed by atoms with van der Waals surface area (Å²) >= 11 is 0. The van der Waals surface area contributed by atoms with Crippen LogP contribution in [0.25, 0.3) is 0 Å². The van der Waals surface area contributed by atoms with E-state index in [9.17, 15) is 4.39 Å². The zero-order valence-corrected chi connectivity index (χ0v) is 8.92. The zero-order valence-electron chi connectivity index (χ0n) is 8.92. The van der Waals surface area contributed by atoms with Gasteiger partial charge in [0.15, 0.2) is 0 Å². The molecule has 2 rings (SSSR count). The summed E-state index contributed by atoms with van der Waals surface area (Å²) in [6.45, 7) is 0.617. The van der Waals surface area contributed by atoms with E-state index in [0.717, 1.165) is 24.8 Å². The normalized spacial score (nSPS) is 17.5. The Morgan fingerprint density at radius 3 is 2.67 bits per heavy atom. The van der Waals surface area contributed by atoms with Gasteiger partial charge in [0.05, 0.1) is 7.11 Å². The predicted molar refractivity (Wildman–Crippen MR) is 57.5 cm³/mol. The molecule has 0 radical (unpaired) electrons. The fourth-order valence-electron chi connectivity index (χ4n) is 2.13. The number of hydrogen-bond acceptors (Lipinski definition) is 2. The maximum Gasteiger partial charge on any atom is 0.130 e. The van der Waals surface area contributed by atoms with Crippen molar-refractivity contribution < 1.29 is 9.13 Å². The first-order valence-electron chi connectivity index (χ1n) is 5.26. The number of methoxy groups -OCH3 is 1. The van der Waals surface area contributed by atoms with E-state index in [-0.39, 0.29) is 11.2 Å². The van der Waals surface area contributed by atoms with Gasteiger partial charge in [0, 0.05) is 6.07 Å². The Balaban J connectivity index is 2.29. The predicted octanol–water partition coefficient (Wildman–Crippen LogP) is 2.21. The second-order valence-corrected chi connectivity index (χ2v) is 4.16. The Kier molecular flexibility index (Phi) is 2.65. The highest BCUT2D eigenvalue weighted by Crippen LogP contribution is 2.51. The average Bonchev–Trinajstić information content (AvgIpc) is 2.99. The summed E-state index contributed by atoms with van der Waals surface area (Å²) in [5.41, 5.74) is 6.37. The van der Waals surface area contributed by atoms with E-state index >= 15 is 0 Å². The van der Waals surface area contributed by atoms with Crippen LogP contribution in [-0.2, 0) is 5.41 Å². The number of hydrogen-bond donors (Lipinski definition) is 1. The summed E-state index contributed by atoms with van der Waals surface area (Å²) in [4.78, 5) is 0. The zero-order chi connectivity index (χ0) is 10.9. The van der Waals surface area contributed by atoms with Crippen molar-refractivity contribution in [2.24, 2.45) is 5.73 Å². The molecule has 82 valence electrons. The van der Waals surface area contributed by atoms with E-state index in [1.165, 1.54) is 6.07 Å². The maximum absolute atomic E-state index is 13.8. The van der Waals surface area contributed by atoms with E-state index in [2.05, 4.69) is 0 Å². The summed E-state index contributed by atoms with van der Waals surface area (Å²) in [7, 11) is 1.54. The van der Waals surface area contributed by atoms with Gasteiger partial charge in [-0.05, 0) is 42.9 Å². The molecule has 0 atom stereocenters. The van der Waals surface area contributed by atoms with Crippen molar-refractivity contribution in [2.75, 3.05) is 13.7 Å². The second-order valence-electron chi connectivity index (χ2n) is 4.16. The molecule has 0 bridgehead atoms. The molecular weight excluding hydrogens is 193 g/mol. The van der Waals surface area contributed by atoms with Gasteiger partial charge in [-0.1, -0.05) is 6.07 Å². The standard InChI is InChI=1S/C12H16FNO/c1-15-9-2-3-10(11(13)8-9)12(4-5-12)6-7-14/h2-3,8H,4-7,14H2,1H3. The van der Waals surface area contributed by atoms with Crippen LogP contribution in [-0.4, -0.2) is 13.7 Å². The lowest BCUT2D eigenvalue weighted by molar-refractivity contribution is 0.409. The third-order valence-corrected chi connectivity index (χ3v) is 3.22. The summed E-state index contributed by atoms with van der Waals surface area (Å²) in [6.07, 6.45) is 2.97. The summed E-state index contributed by atoms with van der Waals surface area (Å²) < 4.78 is 18.8. The number of ether oxygens (including phenoxy) is 1. The minimum Gasteiger partial charge on any atom is -0.497 e. The van der Waals surface area contributed by atoms with Gasteiger partial charge in [0.2, 0.25) is 0 Å². The van der Waals surface area contributed by atoms with E-state index in [1.807, 2.05) is 12.1 Å².